The molecule has 2 aromatic carbocycles. The number of halogens is 3. The number of anilines is 1. The molecule has 0 radical (unpaired) electrons. The topological polar surface area (TPSA) is 72.2 Å². The fourth-order valence-corrected chi connectivity index (χ4v) is 2.51. The molecule has 0 saturated carbocycles. The summed E-state index contributed by atoms with van der Waals surface area (Å²) in [5.41, 5.74) is -0.431. The number of nitro groups is 1. The van der Waals surface area contributed by atoms with Crippen molar-refractivity contribution < 1.29 is 14.1 Å². The van der Waals surface area contributed by atoms with Gasteiger partial charge in [-0.3, -0.25) is 14.9 Å². The minimum Gasteiger partial charge on any atom is -0.316 e. The maximum Gasteiger partial charge on any atom is 0.292 e. The van der Waals surface area contributed by atoms with Crippen molar-refractivity contribution in [1.29, 1.82) is 0 Å². The lowest BCUT2D eigenvalue weighted by atomic mass is 10.2. The van der Waals surface area contributed by atoms with Crippen molar-refractivity contribution in [3.63, 3.8) is 0 Å². The Hall–Kier alpha value is -1.99. The molecule has 0 fully saturated rings. The summed E-state index contributed by atoms with van der Waals surface area (Å²) in [6, 6.07) is 7.29. The molecule has 1 amide bonds. The monoisotopic (exact) mass is 372 g/mol. The molecule has 2 aromatic rings. The van der Waals surface area contributed by atoms with E-state index in [9.17, 15) is 19.3 Å². The van der Waals surface area contributed by atoms with E-state index in [1.165, 1.54) is 12.1 Å². The van der Waals surface area contributed by atoms with Crippen molar-refractivity contribution in [2.24, 2.45) is 0 Å². The van der Waals surface area contributed by atoms with Gasteiger partial charge in [-0.1, -0.05) is 27.5 Å². The van der Waals surface area contributed by atoms with E-state index in [0.29, 0.717) is 9.50 Å². The number of carbonyl (C=O) groups excluding carboxylic acids is 1. The normalized spacial score (nSPS) is 10.2. The molecule has 0 aliphatic rings. The minimum absolute atomic E-state index is 0.188. The Kier molecular flexibility index (Phi) is 4.54. The van der Waals surface area contributed by atoms with Gasteiger partial charge >= 0.3 is 0 Å². The summed E-state index contributed by atoms with van der Waals surface area (Å²) in [6.07, 6.45) is 0. The van der Waals surface area contributed by atoms with Gasteiger partial charge in [0.1, 0.15) is 11.5 Å². The van der Waals surface area contributed by atoms with E-state index < -0.39 is 22.3 Å². The van der Waals surface area contributed by atoms with Gasteiger partial charge in [-0.15, -0.1) is 0 Å². The Balaban J connectivity index is 2.35. The van der Waals surface area contributed by atoms with Crippen LogP contribution in [0.4, 0.5) is 15.8 Å². The molecule has 0 aliphatic heterocycles. The van der Waals surface area contributed by atoms with Crippen LogP contribution in [0.1, 0.15) is 10.4 Å². The van der Waals surface area contributed by atoms with Crippen LogP contribution >= 0.6 is 27.5 Å². The van der Waals surface area contributed by atoms with Crippen molar-refractivity contribution in [3.8, 4) is 0 Å². The standard InChI is InChI=1S/C13H7BrClFN2O3/c14-8-3-7(4-9(15)5-8)13(19)17-11-6-10(16)1-2-12(11)18(20)21/h1-6H,(H,17,19). The Morgan fingerprint density at radius 3 is 2.62 bits per heavy atom. The third-order valence-electron chi connectivity index (χ3n) is 2.53. The van der Waals surface area contributed by atoms with Crippen LogP contribution in [0.5, 0.6) is 0 Å². The highest BCUT2D eigenvalue weighted by Gasteiger charge is 2.18. The highest BCUT2D eigenvalue weighted by Crippen LogP contribution is 2.26. The number of hydrogen-bond acceptors (Lipinski definition) is 3. The molecule has 5 nitrogen and oxygen atoms in total. The second-order valence-electron chi connectivity index (χ2n) is 4.03. The van der Waals surface area contributed by atoms with Crippen LogP contribution in [0.25, 0.3) is 0 Å². The summed E-state index contributed by atoms with van der Waals surface area (Å²) in [5.74, 6) is -1.32. The van der Waals surface area contributed by atoms with Gasteiger partial charge in [-0.05, 0) is 24.3 Å². The summed E-state index contributed by atoms with van der Waals surface area (Å²) in [7, 11) is 0. The molecule has 2 rings (SSSR count). The number of hydrogen-bond donors (Lipinski definition) is 1. The third-order valence-corrected chi connectivity index (χ3v) is 3.20. The van der Waals surface area contributed by atoms with Crippen LogP contribution in [0.3, 0.4) is 0 Å². The quantitative estimate of drug-likeness (QED) is 0.640. The zero-order chi connectivity index (χ0) is 15.6. The smallest absolute Gasteiger partial charge is 0.292 e. The third kappa shape index (κ3) is 3.77. The maximum absolute atomic E-state index is 13.2. The Labute approximate surface area is 132 Å². The van der Waals surface area contributed by atoms with Crippen LogP contribution in [-0.2, 0) is 0 Å². The molecule has 1 N–H and O–H groups in total. The second-order valence-corrected chi connectivity index (χ2v) is 5.38. The zero-order valence-electron chi connectivity index (χ0n) is 10.3. The lowest BCUT2D eigenvalue weighted by Gasteiger charge is -2.07. The van der Waals surface area contributed by atoms with Gasteiger partial charge in [-0.2, -0.15) is 0 Å². The molecule has 0 spiro atoms. The van der Waals surface area contributed by atoms with Crippen LogP contribution in [0, 0.1) is 15.9 Å². The molecule has 0 aliphatic carbocycles. The predicted octanol–water partition coefficient (Wildman–Crippen LogP) is 4.40. The van der Waals surface area contributed by atoms with Crippen molar-refractivity contribution in [2.45, 2.75) is 0 Å². The molecule has 0 atom stereocenters. The molecule has 8 heteroatoms. The first-order valence-corrected chi connectivity index (χ1v) is 6.75. The summed E-state index contributed by atoms with van der Waals surface area (Å²) in [6.45, 7) is 0. The van der Waals surface area contributed by atoms with Gasteiger partial charge in [0.05, 0.1) is 4.92 Å². The number of nitro benzene ring substituents is 1. The van der Waals surface area contributed by atoms with Gasteiger partial charge in [0.25, 0.3) is 11.6 Å². The molecule has 0 aromatic heterocycles. The summed E-state index contributed by atoms with van der Waals surface area (Å²) in [4.78, 5) is 22.2. The summed E-state index contributed by atoms with van der Waals surface area (Å²) < 4.78 is 13.8. The molecular formula is C13H7BrClFN2O3. The lowest BCUT2D eigenvalue weighted by Crippen LogP contribution is -2.13. The number of benzene rings is 2. The van der Waals surface area contributed by atoms with Gasteiger partial charge in [0.2, 0.25) is 0 Å². The molecule has 108 valence electrons. The fraction of sp³-hybridized carbons (Fsp3) is 0. The van der Waals surface area contributed by atoms with Crippen LogP contribution in [0.15, 0.2) is 40.9 Å². The SMILES string of the molecule is O=C(Nc1cc(F)ccc1[N+](=O)[O-])c1cc(Cl)cc(Br)c1. The van der Waals surface area contributed by atoms with E-state index in [1.807, 2.05) is 0 Å². The molecule has 21 heavy (non-hydrogen) atoms. The average molecular weight is 374 g/mol. The van der Waals surface area contributed by atoms with Crippen molar-refractivity contribution in [3.05, 3.63) is 67.4 Å². The van der Waals surface area contributed by atoms with Gasteiger partial charge in [0, 0.05) is 27.2 Å². The number of amides is 1. The van der Waals surface area contributed by atoms with Gasteiger partial charge in [0.15, 0.2) is 0 Å². The largest absolute Gasteiger partial charge is 0.316 e. The van der Waals surface area contributed by atoms with Crippen molar-refractivity contribution in [1.82, 2.24) is 0 Å². The van der Waals surface area contributed by atoms with E-state index in [0.717, 1.165) is 18.2 Å². The molecular weight excluding hydrogens is 367 g/mol. The average Bonchev–Trinajstić information content (AvgIpc) is 2.37. The Bertz CT molecular complexity index is 719. The molecule has 0 saturated heterocycles. The van der Waals surface area contributed by atoms with E-state index in [1.54, 1.807) is 6.07 Å². The van der Waals surface area contributed by atoms with E-state index in [2.05, 4.69) is 21.2 Å². The first-order chi connectivity index (χ1) is 9.86. The highest BCUT2D eigenvalue weighted by molar-refractivity contribution is 9.10. The maximum atomic E-state index is 13.2. The van der Waals surface area contributed by atoms with Crippen molar-refractivity contribution in [2.75, 3.05) is 5.32 Å². The van der Waals surface area contributed by atoms with Crippen LogP contribution in [-0.4, -0.2) is 10.8 Å². The summed E-state index contributed by atoms with van der Waals surface area (Å²) >= 11 is 9.01. The Morgan fingerprint density at radius 2 is 2.00 bits per heavy atom. The van der Waals surface area contributed by atoms with Crippen LogP contribution < -0.4 is 5.32 Å². The van der Waals surface area contributed by atoms with E-state index in [4.69, 9.17) is 11.6 Å². The van der Waals surface area contributed by atoms with Crippen LogP contribution in [0.2, 0.25) is 5.02 Å². The van der Waals surface area contributed by atoms with Gasteiger partial charge in [-0.25, -0.2) is 4.39 Å². The molecule has 0 heterocycles. The molecule has 0 bridgehead atoms. The number of carbonyl (C=O) groups is 1. The molecule has 0 unspecified atom stereocenters. The summed E-state index contributed by atoms with van der Waals surface area (Å²) in [5, 5.41) is 13.5. The fourth-order valence-electron chi connectivity index (χ4n) is 1.65. The highest BCUT2D eigenvalue weighted by atomic mass is 79.9. The van der Waals surface area contributed by atoms with E-state index >= 15 is 0 Å². The number of rotatable bonds is 3. The van der Waals surface area contributed by atoms with E-state index in [-0.39, 0.29) is 11.3 Å². The first-order valence-electron chi connectivity index (χ1n) is 5.58. The second kappa shape index (κ2) is 6.19. The number of nitrogens with zero attached hydrogens (tertiary/aromatic N) is 1. The van der Waals surface area contributed by atoms with Crippen molar-refractivity contribution >= 4 is 44.8 Å². The predicted molar refractivity (Wildman–Crippen MR) is 80.2 cm³/mol. The minimum atomic E-state index is -0.705. The first kappa shape index (κ1) is 15.4. The Morgan fingerprint density at radius 1 is 1.29 bits per heavy atom. The number of nitrogens with one attached hydrogen (secondary N) is 1. The van der Waals surface area contributed by atoms with Gasteiger partial charge < -0.3 is 5.32 Å². The lowest BCUT2D eigenvalue weighted by molar-refractivity contribution is -0.384. The zero-order valence-corrected chi connectivity index (χ0v) is 12.6.